The number of carbonyl (C=O) groups is 2. The summed E-state index contributed by atoms with van der Waals surface area (Å²) in [5.41, 5.74) is 2.26. The number of nitrogens with one attached hydrogen (secondary N) is 2. The predicted molar refractivity (Wildman–Crippen MR) is 105 cm³/mol. The zero-order chi connectivity index (χ0) is 19.1. The molecular weight excluding hydrogens is 348 g/mol. The molecule has 0 spiro atoms. The molecule has 0 saturated carbocycles. The molecule has 0 atom stereocenters. The van der Waals surface area contributed by atoms with Crippen molar-refractivity contribution in [1.82, 2.24) is 20.2 Å². The van der Waals surface area contributed by atoms with Crippen molar-refractivity contribution in [2.45, 2.75) is 38.8 Å². The summed E-state index contributed by atoms with van der Waals surface area (Å²) in [6.07, 6.45) is 3.56. The standard InChI is InChI=1S/C19H26N4O2S/c1-13(2)11-21-18(25)22-17(24)12-26-19-20-9-10-23(19)16-7-5-15(6-8-16)14(3)4/h5-10,13-14H,11-12H2,1-4H3,(H2,21,22,24,25). The van der Waals surface area contributed by atoms with Crippen molar-refractivity contribution in [2.24, 2.45) is 5.92 Å². The van der Waals surface area contributed by atoms with Gasteiger partial charge < -0.3 is 5.32 Å². The Morgan fingerprint density at radius 3 is 2.46 bits per heavy atom. The predicted octanol–water partition coefficient (Wildman–Crippen LogP) is 3.57. The largest absolute Gasteiger partial charge is 0.338 e. The van der Waals surface area contributed by atoms with E-state index in [2.05, 4.69) is 41.6 Å². The van der Waals surface area contributed by atoms with Gasteiger partial charge in [0.05, 0.1) is 5.75 Å². The molecule has 0 aliphatic heterocycles. The zero-order valence-corrected chi connectivity index (χ0v) is 16.5. The van der Waals surface area contributed by atoms with Crippen LogP contribution in [0.15, 0.2) is 41.8 Å². The number of imidazole rings is 1. The van der Waals surface area contributed by atoms with Crippen LogP contribution in [-0.2, 0) is 4.79 Å². The molecule has 0 aliphatic carbocycles. The van der Waals surface area contributed by atoms with Crippen LogP contribution in [-0.4, -0.2) is 33.8 Å². The van der Waals surface area contributed by atoms with Crippen molar-refractivity contribution in [3.8, 4) is 5.69 Å². The summed E-state index contributed by atoms with van der Waals surface area (Å²) in [6, 6.07) is 7.82. The first-order valence-electron chi connectivity index (χ1n) is 8.71. The highest BCUT2D eigenvalue weighted by atomic mass is 32.2. The van der Waals surface area contributed by atoms with Crippen molar-refractivity contribution in [3.63, 3.8) is 0 Å². The first kappa shape index (κ1) is 20.0. The number of aromatic nitrogens is 2. The summed E-state index contributed by atoms with van der Waals surface area (Å²) in [5, 5.41) is 5.70. The number of hydrogen-bond acceptors (Lipinski definition) is 4. The van der Waals surface area contributed by atoms with Crippen LogP contribution < -0.4 is 10.6 Å². The average molecular weight is 375 g/mol. The van der Waals surface area contributed by atoms with E-state index in [4.69, 9.17) is 0 Å². The Balaban J connectivity index is 1.92. The Kier molecular flexibility index (Phi) is 7.26. The quantitative estimate of drug-likeness (QED) is 0.727. The number of amides is 3. The lowest BCUT2D eigenvalue weighted by Gasteiger charge is -2.10. The molecule has 0 bridgehead atoms. The maximum atomic E-state index is 11.9. The summed E-state index contributed by atoms with van der Waals surface area (Å²) < 4.78 is 1.93. The monoisotopic (exact) mass is 374 g/mol. The molecular formula is C19H26N4O2S. The van der Waals surface area contributed by atoms with Gasteiger partial charge in [-0.25, -0.2) is 9.78 Å². The van der Waals surface area contributed by atoms with E-state index in [0.717, 1.165) is 5.69 Å². The van der Waals surface area contributed by atoms with Gasteiger partial charge in [0.25, 0.3) is 0 Å². The number of thioether (sulfide) groups is 1. The normalized spacial score (nSPS) is 11.0. The van der Waals surface area contributed by atoms with Gasteiger partial charge in [-0.15, -0.1) is 0 Å². The van der Waals surface area contributed by atoms with Gasteiger partial charge in [-0.05, 0) is 29.5 Å². The van der Waals surface area contributed by atoms with Crippen molar-refractivity contribution in [1.29, 1.82) is 0 Å². The van der Waals surface area contributed by atoms with Crippen LogP contribution in [0.4, 0.5) is 4.79 Å². The molecule has 0 unspecified atom stereocenters. The van der Waals surface area contributed by atoms with E-state index in [1.165, 1.54) is 17.3 Å². The van der Waals surface area contributed by atoms with E-state index in [0.29, 0.717) is 23.5 Å². The second kappa shape index (κ2) is 9.43. The molecule has 1 aromatic carbocycles. The highest BCUT2D eigenvalue weighted by Crippen LogP contribution is 2.22. The molecule has 2 rings (SSSR count). The van der Waals surface area contributed by atoms with Gasteiger partial charge in [0.15, 0.2) is 5.16 Å². The minimum Gasteiger partial charge on any atom is -0.338 e. The Morgan fingerprint density at radius 1 is 1.15 bits per heavy atom. The maximum absolute atomic E-state index is 11.9. The van der Waals surface area contributed by atoms with Crippen LogP contribution >= 0.6 is 11.8 Å². The zero-order valence-electron chi connectivity index (χ0n) is 15.7. The van der Waals surface area contributed by atoms with Gasteiger partial charge in [0.1, 0.15) is 0 Å². The summed E-state index contributed by atoms with van der Waals surface area (Å²) in [7, 11) is 0. The SMILES string of the molecule is CC(C)CNC(=O)NC(=O)CSc1nccn1-c1ccc(C(C)C)cc1. The Hall–Kier alpha value is -2.28. The minimum atomic E-state index is -0.461. The van der Waals surface area contributed by atoms with Crippen LogP contribution in [0.5, 0.6) is 0 Å². The Bertz CT molecular complexity index is 738. The summed E-state index contributed by atoms with van der Waals surface area (Å²) in [6.45, 7) is 8.83. The van der Waals surface area contributed by atoms with Gasteiger partial charge in [-0.2, -0.15) is 0 Å². The van der Waals surface area contributed by atoms with E-state index in [9.17, 15) is 9.59 Å². The molecule has 0 radical (unpaired) electrons. The van der Waals surface area contributed by atoms with Gasteiger partial charge >= 0.3 is 6.03 Å². The van der Waals surface area contributed by atoms with E-state index in [1.54, 1.807) is 6.20 Å². The maximum Gasteiger partial charge on any atom is 0.321 e. The summed E-state index contributed by atoms with van der Waals surface area (Å²) in [5.74, 6) is 0.586. The number of imide groups is 1. The van der Waals surface area contributed by atoms with Gasteiger partial charge in [0, 0.05) is 24.6 Å². The average Bonchev–Trinajstić information content (AvgIpc) is 3.07. The fraction of sp³-hybridized carbons (Fsp3) is 0.421. The lowest BCUT2D eigenvalue weighted by Crippen LogP contribution is -2.41. The molecule has 2 N–H and O–H groups in total. The highest BCUT2D eigenvalue weighted by Gasteiger charge is 2.12. The minimum absolute atomic E-state index is 0.121. The molecule has 3 amide bonds. The fourth-order valence-corrected chi connectivity index (χ4v) is 3.02. The second-order valence-electron chi connectivity index (χ2n) is 6.77. The van der Waals surface area contributed by atoms with E-state index in [-0.39, 0.29) is 11.7 Å². The van der Waals surface area contributed by atoms with Crippen LogP contribution in [0.25, 0.3) is 5.69 Å². The molecule has 26 heavy (non-hydrogen) atoms. The van der Waals surface area contributed by atoms with Crippen LogP contribution in [0.1, 0.15) is 39.2 Å². The smallest absolute Gasteiger partial charge is 0.321 e. The number of urea groups is 1. The van der Waals surface area contributed by atoms with Crippen molar-refractivity contribution < 1.29 is 9.59 Å². The highest BCUT2D eigenvalue weighted by molar-refractivity contribution is 7.99. The lowest BCUT2D eigenvalue weighted by molar-refractivity contribution is -0.117. The van der Waals surface area contributed by atoms with Gasteiger partial charge in [0.2, 0.25) is 5.91 Å². The van der Waals surface area contributed by atoms with E-state index in [1.807, 2.05) is 36.7 Å². The van der Waals surface area contributed by atoms with E-state index < -0.39 is 6.03 Å². The third kappa shape index (κ3) is 5.91. The third-order valence-electron chi connectivity index (χ3n) is 3.70. The number of benzene rings is 1. The molecule has 140 valence electrons. The molecule has 0 fully saturated rings. The molecule has 0 aliphatic rings. The third-order valence-corrected chi connectivity index (χ3v) is 4.67. The fourth-order valence-electron chi connectivity index (χ4n) is 2.25. The first-order chi connectivity index (χ1) is 12.4. The van der Waals surface area contributed by atoms with Crippen molar-refractivity contribution in [2.75, 3.05) is 12.3 Å². The first-order valence-corrected chi connectivity index (χ1v) is 9.69. The Labute approximate surface area is 158 Å². The molecule has 0 saturated heterocycles. The van der Waals surface area contributed by atoms with Crippen LogP contribution in [0.2, 0.25) is 0 Å². The lowest BCUT2D eigenvalue weighted by atomic mass is 10.0. The van der Waals surface area contributed by atoms with Crippen LogP contribution in [0, 0.1) is 5.92 Å². The summed E-state index contributed by atoms with van der Waals surface area (Å²) >= 11 is 1.29. The molecule has 2 aromatic rings. The topological polar surface area (TPSA) is 76.0 Å². The molecule has 1 heterocycles. The van der Waals surface area contributed by atoms with E-state index >= 15 is 0 Å². The van der Waals surface area contributed by atoms with Crippen LogP contribution in [0.3, 0.4) is 0 Å². The number of hydrogen-bond donors (Lipinski definition) is 2. The van der Waals surface area contributed by atoms with Crippen molar-refractivity contribution in [3.05, 3.63) is 42.2 Å². The van der Waals surface area contributed by atoms with Gasteiger partial charge in [-0.3, -0.25) is 14.7 Å². The number of rotatable bonds is 7. The molecule has 6 nitrogen and oxygen atoms in total. The number of carbonyl (C=O) groups excluding carboxylic acids is 2. The number of nitrogens with zero attached hydrogens (tertiary/aromatic N) is 2. The second-order valence-corrected chi connectivity index (χ2v) is 7.71. The van der Waals surface area contributed by atoms with Crippen molar-refractivity contribution >= 4 is 23.7 Å². The Morgan fingerprint density at radius 2 is 1.85 bits per heavy atom. The molecule has 1 aromatic heterocycles. The molecule has 7 heteroatoms. The summed E-state index contributed by atoms with van der Waals surface area (Å²) in [4.78, 5) is 27.9. The van der Waals surface area contributed by atoms with Gasteiger partial charge in [-0.1, -0.05) is 51.6 Å².